The summed E-state index contributed by atoms with van der Waals surface area (Å²) in [6, 6.07) is 7.85. The number of hydrogen-bond acceptors (Lipinski definition) is 2. The van der Waals surface area contributed by atoms with Gasteiger partial charge in [-0.25, -0.2) is 4.68 Å². The van der Waals surface area contributed by atoms with Crippen molar-refractivity contribution in [2.24, 2.45) is 0 Å². The van der Waals surface area contributed by atoms with E-state index in [-0.39, 0.29) is 18.4 Å². The number of aromatic nitrogens is 2. The molecule has 1 aromatic carbocycles. The van der Waals surface area contributed by atoms with E-state index in [4.69, 9.17) is 5.11 Å². The lowest BCUT2D eigenvalue weighted by atomic mass is 10.1. The molecule has 5 heteroatoms. The zero-order valence-corrected chi connectivity index (χ0v) is 10.7. The number of H-pyrrole nitrogens is 1. The van der Waals surface area contributed by atoms with Crippen LogP contribution in [0.15, 0.2) is 35.3 Å². The van der Waals surface area contributed by atoms with Crippen LogP contribution in [0.25, 0.3) is 0 Å². The maximum absolute atomic E-state index is 12.0. The fourth-order valence-electron chi connectivity index (χ4n) is 1.95. The van der Waals surface area contributed by atoms with Gasteiger partial charge in [0.15, 0.2) is 0 Å². The molecule has 0 radical (unpaired) electrons. The summed E-state index contributed by atoms with van der Waals surface area (Å²) in [7, 11) is 0. The second-order valence-corrected chi connectivity index (χ2v) is 4.51. The van der Waals surface area contributed by atoms with Crippen molar-refractivity contribution < 1.29 is 9.90 Å². The minimum atomic E-state index is -0.897. The van der Waals surface area contributed by atoms with E-state index in [1.807, 2.05) is 31.2 Å². The van der Waals surface area contributed by atoms with Crippen LogP contribution in [-0.4, -0.2) is 20.9 Å². The van der Waals surface area contributed by atoms with Crippen molar-refractivity contribution in [2.45, 2.75) is 26.3 Å². The van der Waals surface area contributed by atoms with Crippen LogP contribution in [0.4, 0.5) is 0 Å². The van der Waals surface area contributed by atoms with Crippen molar-refractivity contribution in [3.63, 3.8) is 0 Å². The van der Waals surface area contributed by atoms with E-state index in [1.54, 1.807) is 6.20 Å². The van der Waals surface area contributed by atoms with Gasteiger partial charge >= 0.3 is 5.97 Å². The zero-order chi connectivity index (χ0) is 13.8. The minimum absolute atomic E-state index is 0.0303. The van der Waals surface area contributed by atoms with Crippen LogP contribution in [-0.2, 0) is 17.8 Å². The first-order chi connectivity index (χ1) is 9.08. The van der Waals surface area contributed by atoms with Crippen molar-refractivity contribution in [3.05, 3.63) is 57.5 Å². The number of carboxylic acid groups (broad SMARTS) is 1. The summed E-state index contributed by atoms with van der Waals surface area (Å²) in [4.78, 5) is 22.5. The van der Waals surface area contributed by atoms with E-state index in [0.717, 1.165) is 11.1 Å². The molecule has 100 valence electrons. The Kier molecular flexibility index (Phi) is 3.85. The number of rotatable bonds is 5. The quantitative estimate of drug-likeness (QED) is 0.856. The van der Waals surface area contributed by atoms with Gasteiger partial charge in [0, 0.05) is 18.2 Å². The van der Waals surface area contributed by atoms with E-state index >= 15 is 0 Å². The first-order valence-electron chi connectivity index (χ1n) is 6.11. The molecule has 0 spiro atoms. The maximum atomic E-state index is 12.0. The lowest BCUT2D eigenvalue weighted by Gasteiger charge is -2.05. The number of aromatic amines is 1. The van der Waals surface area contributed by atoms with Gasteiger partial charge in [-0.1, -0.05) is 24.3 Å². The molecule has 0 fully saturated rings. The van der Waals surface area contributed by atoms with Gasteiger partial charge in [0.2, 0.25) is 0 Å². The Labute approximate surface area is 110 Å². The summed E-state index contributed by atoms with van der Waals surface area (Å²) in [6.07, 6.45) is 1.81. The largest absolute Gasteiger partial charge is 0.481 e. The summed E-state index contributed by atoms with van der Waals surface area (Å²) in [5.41, 5.74) is 2.55. The van der Waals surface area contributed by atoms with Crippen LogP contribution in [0.2, 0.25) is 0 Å². The van der Waals surface area contributed by atoms with Crippen LogP contribution >= 0.6 is 0 Å². The molecule has 0 unspecified atom stereocenters. The summed E-state index contributed by atoms with van der Waals surface area (Å²) in [5, 5.41) is 11.5. The molecule has 0 aliphatic heterocycles. The maximum Gasteiger partial charge on any atom is 0.303 e. The predicted molar refractivity (Wildman–Crippen MR) is 71.3 cm³/mol. The van der Waals surface area contributed by atoms with E-state index < -0.39 is 5.97 Å². The highest BCUT2D eigenvalue weighted by Gasteiger charge is 2.09. The van der Waals surface area contributed by atoms with Crippen molar-refractivity contribution in [3.8, 4) is 0 Å². The summed E-state index contributed by atoms with van der Waals surface area (Å²) < 4.78 is 1.50. The molecular formula is C14H16N2O3. The van der Waals surface area contributed by atoms with Gasteiger partial charge in [0.25, 0.3) is 5.56 Å². The second kappa shape index (κ2) is 5.56. The standard InChI is InChI=1S/C14H16N2O3/c1-10-4-2-3-5-12(10)9-16-14(19)11(8-15-16)6-7-13(17)18/h2-5,8,15H,6-7,9H2,1H3,(H,17,18). The third-order valence-electron chi connectivity index (χ3n) is 3.11. The number of aliphatic carboxylic acids is 1. The molecule has 2 aromatic rings. The van der Waals surface area contributed by atoms with Crippen molar-refractivity contribution in [2.75, 3.05) is 0 Å². The van der Waals surface area contributed by atoms with Crippen LogP contribution < -0.4 is 5.56 Å². The van der Waals surface area contributed by atoms with Crippen LogP contribution in [0.5, 0.6) is 0 Å². The van der Waals surface area contributed by atoms with Crippen molar-refractivity contribution in [1.29, 1.82) is 0 Å². The molecule has 0 saturated carbocycles. The van der Waals surface area contributed by atoms with E-state index in [2.05, 4.69) is 5.10 Å². The number of nitrogens with one attached hydrogen (secondary N) is 1. The molecule has 19 heavy (non-hydrogen) atoms. The summed E-state index contributed by atoms with van der Waals surface area (Å²) in [5.74, 6) is -0.897. The van der Waals surface area contributed by atoms with Crippen LogP contribution in [0, 0.1) is 6.92 Å². The van der Waals surface area contributed by atoms with Gasteiger partial charge in [0.1, 0.15) is 0 Å². The third-order valence-corrected chi connectivity index (χ3v) is 3.11. The van der Waals surface area contributed by atoms with Gasteiger partial charge in [-0.05, 0) is 24.5 Å². The van der Waals surface area contributed by atoms with Crippen molar-refractivity contribution >= 4 is 5.97 Å². The molecule has 2 rings (SSSR count). The first kappa shape index (κ1) is 13.1. The smallest absolute Gasteiger partial charge is 0.303 e. The zero-order valence-electron chi connectivity index (χ0n) is 10.7. The molecule has 0 atom stereocenters. The fraction of sp³-hybridized carbons (Fsp3) is 0.286. The summed E-state index contributed by atoms with van der Waals surface area (Å²) >= 11 is 0. The Hall–Kier alpha value is -2.30. The van der Waals surface area contributed by atoms with Crippen molar-refractivity contribution in [1.82, 2.24) is 9.78 Å². The lowest BCUT2D eigenvalue weighted by Crippen LogP contribution is -2.20. The highest BCUT2D eigenvalue weighted by molar-refractivity contribution is 5.67. The fourth-order valence-corrected chi connectivity index (χ4v) is 1.95. The molecular weight excluding hydrogens is 244 g/mol. The van der Waals surface area contributed by atoms with Gasteiger partial charge in [-0.2, -0.15) is 0 Å². The molecule has 2 N–H and O–H groups in total. The van der Waals surface area contributed by atoms with E-state index in [0.29, 0.717) is 12.1 Å². The Morgan fingerprint density at radius 2 is 2.05 bits per heavy atom. The van der Waals surface area contributed by atoms with Crippen LogP contribution in [0.1, 0.15) is 23.1 Å². The molecule has 1 aromatic heterocycles. The number of benzene rings is 1. The highest BCUT2D eigenvalue weighted by Crippen LogP contribution is 2.08. The average molecular weight is 260 g/mol. The number of nitrogens with zero attached hydrogens (tertiary/aromatic N) is 1. The Morgan fingerprint density at radius 3 is 2.74 bits per heavy atom. The highest BCUT2D eigenvalue weighted by atomic mass is 16.4. The SMILES string of the molecule is Cc1ccccc1Cn1[nH]cc(CCC(=O)O)c1=O. The normalized spacial score (nSPS) is 10.6. The average Bonchev–Trinajstić information content (AvgIpc) is 2.71. The van der Waals surface area contributed by atoms with Gasteiger partial charge < -0.3 is 10.2 Å². The van der Waals surface area contributed by atoms with E-state index in [9.17, 15) is 9.59 Å². The molecule has 1 heterocycles. The predicted octanol–water partition coefficient (Wildman–Crippen LogP) is 1.55. The molecule has 0 bridgehead atoms. The monoisotopic (exact) mass is 260 g/mol. The summed E-state index contributed by atoms with van der Waals surface area (Å²) in [6.45, 7) is 2.47. The molecule has 0 amide bonds. The van der Waals surface area contributed by atoms with E-state index in [1.165, 1.54) is 4.68 Å². The Morgan fingerprint density at radius 1 is 1.32 bits per heavy atom. The second-order valence-electron chi connectivity index (χ2n) is 4.51. The first-order valence-corrected chi connectivity index (χ1v) is 6.11. The third kappa shape index (κ3) is 3.13. The Bertz CT molecular complexity index is 640. The topological polar surface area (TPSA) is 75.1 Å². The number of carbonyl (C=O) groups is 1. The van der Waals surface area contributed by atoms with Gasteiger partial charge in [0.05, 0.1) is 6.54 Å². The number of hydrogen-bond donors (Lipinski definition) is 2. The molecule has 5 nitrogen and oxygen atoms in total. The minimum Gasteiger partial charge on any atom is -0.481 e. The van der Waals surface area contributed by atoms with Gasteiger partial charge in [-0.3, -0.25) is 9.59 Å². The Balaban J connectivity index is 2.17. The molecule has 0 saturated heterocycles. The molecule has 0 aliphatic carbocycles. The molecule has 0 aliphatic rings. The van der Waals surface area contributed by atoms with Crippen LogP contribution in [0.3, 0.4) is 0 Å². The lowest BCUT2D eigenvalue weighted by molar-refractivity contribution is -0.136. The van der Waals surface area contributed by atoms with Gasteiger partial charge in [-0.15, -0.1) is 0 Å². The number of aryl methyl sites for hydroxylation is 2. The number of carboxylic acids is 1.